The van der Waals surface area contributed by atoms with Crippen molar-refractivity contribution in [1.82, 2.24) is 15.1 Å². The molecule has 0 radical (unpaired) electrons. The average Bonchev–Trinajstić information content (AvgIpc) is 3.29. The molecule has 0 saturated carbocycles. The first kappa shape index (κ1) is 22.9. The highest BCUT2D eigenvalue weighted by Crippen LogP contribution is 2.28. The molecule has 3 aromatic rings. The van der Waals surface area contributed by atoms with Gasteiger partial charge in [-0.1, -0.05) is 18.2 Å². The van der Waals surface area contributed by atoms with E-state index in [9.17, 15) is 22.8 Å². The lowest BCUT2D eigenvalue weighted by Gasteiger charge is -2.28. The Labute approximate surface area is 181 Å². The molecule has 0 aliphatic heterocycles. The molecule has 1 amide bonds. The molecule has 3 rings (SSSR count). The lowest BCUT2D eigenvalue weighted by Crippen LogP contribution is -2.56. The van der Waals surface area contributed by atoms with Crippen LogP contribution >= 0.6 is 0 Å². The van der Waals surface area contributed by atoms with Gasteiger partial charge in [0.05, 0.1) is 12.8 Å². The van der Waals surface area contributed by atoms with Crippen LogP contribution in [0.25, 0.3) is 5.69 Å². The van der Waals surface area contributed by atoms with Crippen molar-refractivity contribution in [1.29, 1.82) is 0 Å². The summed E-state index contributed by atoms with van der Waals surface area (Å²) in [6.07, 6.45) is -3.38. The number of amides is 1. The van der Waals surface area contributed by atoms with Gasteiger partial charge in [0.25, 0.3) is 5.91 Å². The number of para-hydroxylation sites is 1. The van der Waals surface area contributed by atoms with Crippen molar-refractivity contribution in [2.24, 2.45) is 0 Å². The van der Waals surface area contributed by atoms with Crippen molar-refractivity contribution in [3.63, 3.8) is 0 Å². The summed E-state index contributed by atoms with van der Waals surface area (Å²) >= 11 is 0. The third-order valence-corrected chi connectivity index (χ3v) is 4.57. The van der Waals surface area contributed by atoms with Crippen LogP contribution in [0.1, 0.15) is 23.0 Å². The predicted molar refractivity (Wildman–Crippen MR) is 108 cm³/mol. The largest absolute Gasteiger partial charge is 0.491 e. The minimum Gasteiger partial charge on any atom is -0.491 e. The number of carbonyl (C=O) groups excluding carboxylic acids is 2. The Hall–Kier alpha value is -3.82. The molecule has 0 bridgehead atoms. The zero-order valence-corrected chi connectivity index (χ0v) is 17.2. The van der Waals surface area contributed by atoms with Gasteiger partial charge >= 0.3 is 12.1 Å². The summed E-state index contributed by atoms with van der Waals surface area (Å²) in [6.45, 7) is 1.29. The second-order valence-electron chi connectivity index (χ2n) is 7.07. The summed E-state index contributed by atoms with van der Waals surface area (Å²) in [4.78, 5) is 25.1. The molecule has 0 saturated heterocycles. The number of hydrogen-bond donors (Lipinski definition) is 1. The number of nitrogens with zero attached hydrogens (tertiary/aromatic N) is 2. The van der Waals surface area contributed by atoms with Crippen molar-refractivity contribution in [2.75, 3.05) is 13.7 Å². The van der Waals surface area contributed by atoms with Crippen LogP contribution in [0.5, 0.6) is 5.75 Å². The molecule has 1 unspecified atom stereocenters. The number of alkyl halides is 3. The molecule has 7 nitrogen and oxygen atoms in total. The monoisotopic (exact) mass is 447 g/mol. The Balaban J connectivity index is 1.73. The molecule has 2 aromatic carbocycles. The Bertz CT molecular complexity index is 1080. The molecule has 10 heteroatoms. The van der Waals surface area contributed by atoms with Gasteiger partial charge in [0.1, 0.15) is 12.4 Å². The molecule has 0 aliphatic carbocycles. The summed E-state index contributed by atoms with van der Waals surface area (Å²) in [5, 5.41) is 6.09. The first-order chi connectivity index (χ1) is 15.1. The van der Waals surface area contributed by atoms with Gasteiger partial charge in [-0.2, -0.15) is 18.3 Å². The van der Waals surface area contributed by atoms with Crippen LogP contribution in [0.4, 0.5) is 13.2 Å². The number of nitrogens with one attached hydrogen (secondary N) is 1. The Morgan fingerprint density at radius 2 is 1.69 bits per heavy atom. The van der Waals surface area contributed by atoms with Gasteiger partial charge in [-0.05, 0) is 49.4 Å². The number of halogens is 3. The normalized spacial score (nSPS) is 13.2. The van der Waals surface area contributed by atoms with Gasteiger partial charge in [-0.3, -0.25) is 4.79 Å². The van der Waals surface area contributed by atoms with Gasteiger partial charge in [-0.15, -0.1) is 0 Å². The second-order valence-corrected chi connectivity index (χ2v) is 7.07. The van der Waals surface area contributed by atoms with E-state index < -0.39 is 29.3 Å². The predicted octanol–water partition coefficient (Wildman–Crippen LogP) is 3.63. The second kappa shape index (κ2) is 9.13. The maximum Gasteiger partial charge on any atom is 0.435 e. The molecule has 32 heavy (non-hydrogen) atoms. The van der Waals surface area contributed by atoms with E-state index in [0.717, 1.165) is 10.7 Å². The number of benzene rings is 2. The van der Waals surface area contributed by atoms with Gasteiger partial charge in [0, 0.05) is 11.8 Å². The standard InChI is InChI=1S/C22H20F3N3O4/c1-21(20(30)31-2,14-32-17-6-4-3-5-7-17)26-19(29)15-8-10-16(11-9-15)28-13-12-18(27-28)22(23,24)25/h3-13H,14H2,1-2H3,(H,26,29). The fraction of sp³-hybridized carbons (Fsp3) is 0.227. The van der Waals surface area contributed by atoms with E-state index in [-0.39, 0.29) is 12.2 Å². The zero-order chi connectivity index (χ0) is 23.4. The van der Waals surface area contributed by atoms with E-state index in [2.05, 4.69) is 10.4 Å². The molecule has 168 valence electrons. The Kier molecular flexibility index (Phi) is 6.52. The zero-order valence-electron chi connectivity index (χ0n) is 17.2. The molecular formula is C22H20F3N3O4. The van der Waals surface area contributed by atoms with Gasteiger partial charge in [0.15, 0.2) is 11.2 Å². The average molecular weight is 447 g/mol. The summed E-state index contributed by atoms with van der Waals surface area (Å²) in [6, 6.07) is 15.3. The summed E-state index contributed by atoms with van der Waals surface area (Å²) < 4.78 is 49.7. The summed E-state index contributed by atoms with van der Waals surface area (Å²) in [7, 11) is 1.20. The molecule has 0 aliphatic rings. The molecule has 0 fully saturated rings. The third kappa shape index (κ3) is 5.26. The number of methoxy groups -OCH3 is 1. The van der Waals surface area contributed by atoms with Crippen LogP contribution < -0.4 is 10.1 Å². The summed E-state index contributed by atoms with van der Waals surface area (Å²) in [5.41, 5.74) is -1.98. The molecule has 1 N–H and O–H groups in total. The fourth-order valence-corrected chi connectivity index (χ4v) is 2.82. The molecule has 0 spiro atoms. The molecular weight excluding hydrogens is 427 g/mol. The number of hydrogen-bond acceptors (Lipinski definition) is 5. The highest BCUT2D eigenvalue weighted by Gasteiger charge is 2.38. The molecule has 1 atom stereocenters. The van der Waals surface area contributed by atoms with E-state index in [1.54, 1.807) is 24.3 Å². The van der Waals surface area contributed by atoms with Crippen LogP contribution in [-0.2, 0) is 15.7 Å². The molecule has 1 heterocycles. The lowest BCUT2D eigenvalue weighted by molar-refractivity contribution is -0.148. The van der Waals surface area contributed by atoms with Gasteiger partial charge in [-0.25, -0.2) is 9.48 Å². The maximum absolute atomic E-state index is 12.7. The van der Waals surface area contributed by atoms with E-state index in [0.29, 0.717) is 11.4 Å². The number of rotatable bonds is 7. The fourth-order valence-electron chi connectivity index (χ4n) is 2.82. The smallest absolute Gasteiger partial charge is 0.435 e. The Morgan fingerprint density at radius 3 is 2.25 bits per heavy atom. The van der Waals surface area contributed by atoms with Crippen molar-refractivity contribution in [3.8, 4) is 11.4 Å². The van der Waals surface area contributed by atoms with Crippen molar-refractivity contribution >= 4 is 11.9 Å². The van der Waals surface area contributed by atoms with Crippen LogP contribution in [0, 0.1) is 0 Å². The number of aromatic nitrogens is 2. The highest BCUT2D eigenvalue weighted by molar-refractivity contribution is 5.98. The van der Waals surface area contributed by atoms with Crippen LogP contribution in [0.3, 0.4) is 0 Å². The van der Waals surface area contributed by atoms with Crippen molar-refractivity contribution < 1.29 is 32.2 Å². The van der Waals surface area contributed by atoms with E-state index in [1.165, 1.54) is 44.5 Å². The first-order valence-corrected chi connectivity index (χ1v) is 9.44. The van der Waals surface area contributed by atoms with Gasteiger partial charge < -0.3 is 14.8 Å². The number of esters is 1. The van der Waals surface area contributed by atoms with E-state index >= 15 is 0 Å². The quantitative estimate of drug-likeness (QED) is 0.560. The van der Waals surface area contributed by atoms with E-state index in [4.69, 9.17) is 9.47 Å². The Morgan fingerprint density at radius 1 is 1.03 bits per heavy atom. The van der Waals surface area contributed by atoms with Crippen LogP contribution in [0.2, 0.25) is 0 Å². The topological polar surface area (TPSA) is 82.5 Å². The maximum atomic E-state index is 12.7. The first-order valence-electron chi connectivity index (χ1n) is 9.44. The highest BCUT2D eigenvalue weighted by atomic mass is 19.4. The van der Waals surface area contributed by atoms with E-state index in [1.807, 2.05) is 6.07 Å². The minimum atomic E-state index is -4.55. The van der Waals surface area contributed by atoms with Gasteiger partial charge in [0.2, 0.25) is 0 Å². The van der Waals surface area contributed by atoms with Crippen LogP contribution in [-0.4, -0.2) is 40.9 Å². The van der Waals surface area contributed by atoms with Crippen LogP contribution in [0.15, 0.2) is 66.9 Å². The number of ether oxygens (including phenoxy) is 2. The lowest BCUT2D eigenvalue weighted by atomic mass is 10.0. The number of carbonyl (C=O) groups is 2. The molecule has 1 aromatic heterocycles. The SMILES string of the molecule is COC(=O)C(C)(COc1ccccc1)NC(=O)c1ccc(-n2ccc(C(F)(F)F)n2)cc1. The third-order valence-electron chi connectivity index (χ3n) is 4.57. The summed E-state index contributed by atoms with van der Waals surface area (Å²) in [5.74, 6) is -0.772. The minimum absolute atomic E-state index is 0.180. The van der Waals surface area contributed by atoms with Crippen molar-refractivity contribution in [2.45, 2.75) is 18.6 Å². The van der Waals surface area contributed by atoms with Crippen molar-refractivity contribution in [3.05, 3.63) is 78.1 Å².